The van der Waals surface area contributed by atoms with Gasteiger partial charge in [0, 0.05) is 18.1 Å². The quantitative estimate of drug-likeness (QED) is 0.340. The monoisotopic (exact) mass is 474 g/mol. The SMILES string of the molecule is CCc1cc2c(=O)c(-c3ccc4c(c3)OCCCO4)coc2cc1OCC(=O)c1ccc(F)cc1. The van der Waals surface area contributed by atoms with Crippen LogP contribution in [0.3, 0.4) is 0 Å². The van der Waals surface area contributed by atoms with Crippen LogP contribution in [0.5, 0.6) is 17.2 Å². The fourth-order valence-corrected chi connectivity index (χ4v) is 4.00. The van der Waals surface area contributed by atoms with Crippen molar-refractivity contribution in [1.82, 2.24) is 0 Å². The number of aryl methyl sites for hydroxylation is 1. The first kappa shape index (κ1) is 22.7. The highest BCUT2D eigenvalue weighted by atomic mass is 19.1. The van der Waals surface area contributed by atoms with Crippen molar-refractivity contribution in [3.63, 3.8) is 0 Å². The molecule has 0 saturated carbocycles. The summed E-state index contributed by atoms with van der Waals surface area (Å²) in [4.78, 5) is 25.8. The van der Waals surface area contributed by atoms with Crippen LogP contribution >= 0.6 is 0 Å². The molecule has 1 aromatic heterocycles. The van der Waals surface area contributed by atoms with Crippen molar-refractivity contribution in [3.05, 3.63) is 88.0 Å². The van der Waals surface area contributed by atoms with Crippen LogP contribution in [0, 0.1) is 5.82 Å². The van der Waals surface area contributed by atoms with Crippen molar-refractivity contribution < 1.29 is 27.8 Å². The summed E-state index contributed by atoms with van der Waals surface area (Å²) in [5, 5.41) is 0.420. The maximum Gasteiger partial charge on any atom is 0.200 e. The minimum absolute atomic E-state index is 0.177. The lowest BCUT2D eigenvalue weighted by atomic mass is 10.0. The van der Waals surface area contributed by atoms with Gasteiger partial charge in [0.05, 0.1) is 24.2 Å². The van der Waals surface area contributed by atoms with Gasteiger partial charge >= 0.3 is 0 Å². The normalized spacial score (nSPS) is 12.9. The molecule has 5 rings (SSSR count). The van der Waals surface area contributed by atoms with Crippen molar-refractivity contribution >= 4 is 16.8 Å². The summed E-state index contributed by atoms with van der Waals surface area (Å²) >= 11 is 0. The summed E-state index contributed by atoms with van der Waals surface area (Å²) in [5.41, 5.74) is 2.39. The van der Waals surface area contributed by atoms with Crippen LogP contribution in [0.25, 0.3) is 22.1 Å². The number of halogens is 1. The third kappa shape index (κ3) is 4.62. The molecular weight excluding hydrogens is 451 g/mol. The fraction of sp³-hybridized carbons (Fsp3) is 0.214. The predicted molar refractivity (Wildman–Crippen MR) is 129 cm³/mol. The molecule has 2 heterocycles. The maximum absolute atomic E-state index is 13.4. The Labute approximate surface area is 200 Å². The first-order chi connectivity index (χ1) is 17.0. The van der Waals surface area contributed by atoms with Crippen molar-refractivity contribution in [3.8, 4) is 28.4 Å². The molecule has 0 saturated heterocycles. The highest BCUT2D eigenvalue weighted by Gasteiger charge is 2.17. The topological polar surface area (TPSA) is 75.0 Å². The maximum atomic E-state index is 13.4. The minimum atomic E-state index is -0.411. The summed E-state index contributed by atoms with van der Waals surface area (Å²) in [6.07, 6.45) is 2.80. The zero-order valence-corrected chi connectivity index (χ0v) is 19.1. The molecule has 0 spiro atoms. The standard InChI is InChI=1S/C28H23FO6/c1-2-17-12-21-26(14-25(17)35-16-23(30)18-4-7-20(29)8-5-18)34-15-22(28(21)31)19-6-9-24-27(13-19)33-11-3-10-32-24/h4-9,12-15H,2-3,10-11,16H2,1H3. The van der Waals surface area contributed by atoms with Gasteiger partial charge in [-0.2, -0.15) is 0 Å². The number of fused-ring (bicyclic) bond motifs is 2. The molecule has 0 amide bonds. The molecule has 0 fully saturated rings. The molecule has 0 atom stereocenters. The Hall–Kier alpha value is -4.13. The zero-order valence-electron chi connectivity index (χ0n) is 19.1. The van der Waals surface area contributed by atoms with Crippen LogP contribution in [0.4, 0.5) is 4.39 Å². The molecule has 0 unspecified atom stereocenters. The number of carbonyl (C=O) groups is 1. The Kier molecular flexibility index (Phi) is 6.23. The summed E-state index contributed by atoms with van der Waals surface area (Å²) in [7, 11) is 0. The molecule has 0 bridgehead atoms. The Morgan fingerprint density at radius 2 is 1.77 bits per heavy atom. The Bertz CT molecular complexity index is 1460. The van der Waals surface area contributed by atoms with Gasteiger partial charge in [-0.3, -0.25) is 9.59 Å². The van der Waals surface area contributed by atoms with Crippen LogP contribution in [0.15, 0.2) is 70.1 Å². The molecule has 0 radical (unpaired) electrons. The molecule has 1 aliphatic rings. The Morgan fingerprint density at radius 3 is 2.54 bits per heavy atom. The molecule has 3 aromatic carbocycles. The summed E-state index contributed by atoms with van der Waals surface area (Å²) < 4.78 is 36.1. The van der Waals surface area contributed by atoms with Gasteiger partial charge in [0.15, 0.2) is 23.9 Å². The zero-order chi connectivity index (χ0) is 24.4. The second kappa shape index (κ2) is 9.62. The van der Waals surface area contributed by atoms with Crippen molar-refractivity contribution in [2.24, 2.45) is 0 Å². The van der Waals surface area contributed by atoms with Crippen LogP contribution in [-0.4, -0.2) is 25.6 Å². The first-order valence-corrected chi connectivity index (χ1v) is 11.4. The van der Waals surface area contributed by atoms with E-state index in [1.165, 1.54) is 30.5 Å². The van der Waals surface area contributed by atoms with Crippen molar-refractivity contribution in [2.75, 3.05) is 19.8 Å². The van der Waals surface area contributed by atoms with E-state index in [0.29, 0.717) is 64.5 Å². The van der Waals surface area contributed by atoms with E-state index in [-0.39, 0.29) is 17.8 Å². The van der Waals surface area contributed by atoms with Gasteiger partial charge < -0.3 is 18.6 Å². The van der Waals surface area contributed by atoms with Gasteiger partial charge in [0.25, 0.3) is 0 Å². The largest absolute Gasteiger partial charge is 0.490 e. The van der Waals surface area contributed by atoms with E-state index in [9.17, 15) is 14.0 Å². The molecular formula is C28H23FO6. The highest BCUT2D eigenvalue weighted by Crippen LogP contribution is 2.34. The lowest BCUT2D eigenvalue weighted by molar-refractivity contribution is 0.0921. The third-order valence-corrected chi connectivity index (χ3v) is 5.92. The second-order valence-corrected chi connectivity index (χ2v) is 8.22. The number of hydrogen-bond donors (Lipinski definition) is 0. The van der Waals surface area contributed by atoms with E-state index in [2.05, 4.69) is 0 Å². The number of hydrogen-bond acceptors (Lipinski definition) is 6. The molecule has 0 aliphatic carbocycles. The van der Waals surface area contributed by atoms with E-state index in [4.69, 9.17) is 18.6 Å². The average Bonchev–Trinajstić information content (AvgIpc) is 3.12. The molecule has 178 valence electrons. The van der Waals surface area contributed by atoms with Gasteiger partial charge in [0.2, 0.25) is 5.43 Å². The minimum Gasteiger partial charge on any atom is -0.490 e. The number of ketones is 1. The summed E-state index contributed by atoms with van der Waals surface area (Å²) in [5.74, 6) is 1.02. The molecule has 0 N–H and O–H groups in total. The van der Waals surface area contributed by atoms with Gasteiger partial charge in [-0.1, -0.05) is 13.0 Å². The van der Waals surface area contributed by atoms with E-state index < -0.39 is 5.82 Å². The van der Waals surface area contributed by atoms with Crippen molar-refractivity contribution in [1.29, 1.82) is 0 Å². The molecule has 6 nitrogen and oxygen atoms in total. The lowest BCUT2D eigenvalue weighted by Crippen LogP contribution is -2.13. The smallest absolute Gasteiger partial charge is 0.200 e. The number of rotatable bonds is 6. The molecule has 7 heteroatoms. The second-order valence-electron chi connectivity index (χ2n) is 8.22. The molecule has 1 aliphatic heterocycles. The number of ether oxygens (including phenoxy) is 3. The molecule has 4 aromatic rings. The fourth-order valence-electron chi connectivity index (χ4n) is 4.00. The lowest BCUT2D eigenvalue weighted by Gasteiger charge is -2.12. The van der Waals surface area contributed by atoms with E-state index in [1.807, 2.05) is 13.0 Å². The van der Waals surface area contributed by atoms with E-state index in [0.717, 1.165) is 12.0 Å². The van der Waals surface area contributed by atoms with Gasteiger partial charge in [0.1, 0.15) is 23.4 Å². The number of benzene rings is 3. The van der Waals surface area contributed by atoms with E-state index >= 15 is 0 Å². The first-order valence-electron chi connectivity index (χ1n) is 11.4. The Morgan fingerprint density at radius 1 is 1.00 bits per heavy atom. The summed E-state index contributed by atoms with van der Waals surface area (Å²) in [6, 6.07) is 14.1. The van der Waals surface area contributed by atoms with Gasteiger partial charge in [-0.15, -0.1) is 0 Å². The molecule has 35 heavy (non-hydrogen) atoms. The van der Waals surface area contributed by atoms with Crippen LogP contribution in [-0.2, 0) is 6.42 Å². The number of carbonyl (C=O) groups excluding carboxylic acids is 1. The van der Waals surface area contributed by atoms with Crippen LogP contribution < -0.4 is 19.6 Å². The van der Waals surface area contributed by atoms with Crippen molar-refractivity contribution in [2.45, 2.75) is 19.8 Å². The van der Waals surface area contributed by atoms with Crippen LogP contribution in [0.1, 0.15) is 29.3 Å². The van der Waals surface area contributed by atoms with Gasteiger partial charge in [-0.05, 0) is 60.0 Å². The van der Waals surface area contributed by atoms with E-state index in [1.54, 1.807) is 24.3 Å². The number of Topliss-reactive ketones (excluding diaryl/α,β-unsaturated/α-hetero) is 1. The third-order valence-electron chi connectivity index (χ3n) is 5.92. The van der Waals surface area contributed by atoms with Gasteiger partial charge in [-0.25, -0.2) is 4.39 Å². The predicted octanol–water partition coefficient (Wildman–Crippen LogP) is 5.58. The van der Waals surface area contributed by atoms with Crippen LogP contribution in [0.2, 0.25) is 0 Å². The summed E-state index contributed by atoms with van der Waals surface area (Å²) in [6.45, 7) is 2.86. The Balaban J connectivity index is 1.45. The highest BCUT2D eigenvalue weighted by molar-refractivity contribution is 5.97. The average molecular weight is 474 g/mol.